The van der Waals surface area contributed by atoms with Gasteiger partial charge in [0, 0.05) is 12.0 Å². The Bertz CT molecular complexity index is 1360. The number of carbonyl (C=O) groups is 1. The van der Waals surface area contributed by atoms with Gasteiger partial charge in [-0.25, -0.2) is 8.78 Å². The van der Waals surface area contributed by atoms with Crippen LogP contribution in [0, 0.1) is 5.92 Å². The second kappa shape index (κ2) is 8.83. The van der Waals surface area contributed by atoms with E-state index in [1.807, 2.05) is 36.4 Å². The Morgan fingerprint density at radius 3 is 2.49 bits per heavy atom. The summed E-state index contributed by atoms with van der Waals surface area (Å²) in [5.74, 6) is -3.91. The van der Waals surface area contributed by atoms with Crippen LogP contribution >= 0.6 is 0 Å². The quantitative estimate of drug-likeness (QED) is 0.495. The molecule has 9 heteroatoms. The number of ether oxygens (including phenoxy) is 5. The number of hydrogen-bond donors (Lipinski definition) is 1. The van der Waals surface area contributed by atoms with Gasteiger partial charge in [-0.15, -0.1) is 0 Å². The molecule has 7 nitrogen and oxygen atoms in total. The third kappa shape index (κ3) is 3.98. The van der Waals surface area contributed by atoms with Crippen LogP contribution in [0.1, 0.15) is 41.2 Å². The van der Waals surface area contributed by atoms with Gasteiger partial charge in [0.1, 0.15) is 17.8 Å². The summed E-state index contributed by atoms with van der Waals surface area (Å²) in [5.41, 5.74) is 1.92. The van der Waals surface area contributed by atoms with E-state index in [1.165, 1.54) is 6.07 Å². The molecule has 4 unspecified atom stereocenters. The highest BCUT2D eigenvalue weighted by Crippen LogP contribution is 2.62. The largest absolute Gasteiger partial charge is 0.493 e. The summed E-state index contributed by atoms with van der Waals surface area (Å²) in [6.07, 6.45) is -0.0602. The molecule has 0 spiro atoms. The number of alkyl halides is 2. The molecule has 3 aromatic rings. The summed E-state index contributed by atoms with van der Waals surface area (Å²) >= 11 is 0. The number of rotatable bonds is 6. The van der Waals surface area contributed by atoms with Crippen LogP contribution in [0.4, 0.5) is 8.78 Å². The number of carbonyl (C=O) groups excluding carboxylic acids is 1. The van der Waals surface area contributed by atoms with Gasteiger partial charge in [-0.05, 0) is 41.5 Å². The summed E-state index contributed by atoms with van der Waals surface area (Å²) in [6.45, 7) is 0.0498. The SMILES string of the molecule is COc1ccc(C2CC(NC(=O)C3C(c4ccc5c(c4)OCO5)C3(F)F)c3ccccc3O2)cc1OC. The van der Waals surface area contributed by atoms with Crippen molar-refractivity contribution in [3.63, 3.8) is 0 Å². The minimum atomic E-state index is -3.16. The van der Waals surface area contributed by atoms with E-state index < -0.39 is 35.8 Å². The molecule has 0 radical (unpaired) electrons. The van der Waals surface area contributed by atoms with Crippen molar-refractivity contribution >= 4 is 5.91 Å². The lowest BCUT2D eigenvalue weighted by atomic mass is 9.92. The lowest BCUT2D eigenvalue weighted by Crippen LogP contribution is -2.35. The molecule has 3 aromatic carbocycles. The average Bonchev–Trinajstić information content (AvgIpc) is 3.22. The van der Waals surface area contributed by atoms with Gasteiger partial charge in [-0.1, -0.05) is 30.3 Å². The fourth-order valence-electron chi connectivity index (χ4n) is 5.25. The maximum absolute atomic E-state index is 14.9. The predicted molar refractivity (Wildman–Crippen MR) is 129 cm³/mol. The van der Waals surface area contributed by atoms with Crippen LogP contribution < -0.4 is 29.0 Å². The lowest BCUT2D eigenvalue weighted by Gasteiger charge is -2.33. The molecular formula is C28H25F2NO6. The normalized spacial score (nSPS) is 24.4. The van der Waals surface area contributed by atoms with E-state index in [1.54, 1.807) is 32.4 Å². The van der Waals surface area contributed by atoms with Crippen LogP contribution in [-0.2, 0) is 4.79 Å². The molecule has 192 valence electrons. The molecule has 37 heavy (non-hydrogen) atoms. The molecular weight excluding hydrogens is 484 g/mol. The van der Waals surface area contributed by atoms with Gasteiger partial charge in [-0.3, -0.25) is 4.79 Å². The average molecular weight is 510 g/mol. The summed E-state index contributed by atoms with van der Waals surface area (Å²) in [4.78, 5) is 13.2. The second-order valence-corrected chi connectivity index (χ2v) is 9.30. The molecule has 1 N–H and O–H groups in total. The minimum absolute atomic E-state index is 0.0498. The number of amides is 1. The van der Waals surface area contributed by atoms with Crippen LogP contribution in [-0.4, -0.2) is 32.8 Å². The van der Waals surface area contributed by atoms with Crippen LogP contribution in [0.2, 0.25) is 0 Å². The van der Waals surface area contributed by atoms with Gasteiger partial charge in [0.05, 0.1) is 26.2 Å². The van der Waals surface area contributed by atoms with Gasteiger partial charge >= 0.3 is 0 Å². The van der Waals surface area contributed by atoms with Crippen molar-refractivity contribution in [1.82, 2.24) is 5.32 Å². The second-order valence-electron chi connectivity index (χ2n) is 9.30. The van der Waals surface area contributed by atoms with Crippen LogP contribution in [0.15, 0.2) is 60.7 Å². The smallest absolute Gasteiger partial charge is 0.268 e. The summed E-state index contributed by atoms with van der Waals surface area (Å²) in [6, 6.07) is 17.0. The zero-order valence-corrected chi connectivity index (χ0v) is 20.2. The Hall–Kier alpha value is -4.01. The number of halogens is 2. The summed E-state index contributed by atoms with van der Waals surface area (Å²) in [5, 5.41) is 2.88. The fraction of sp³-hybridized carbons (Fsp3) is 0.321. The molecule has 4 atom stereocenters. The minimum Gasteiger partial charge on any atom is -0.493 e. The number of para-hydroxylation sites is 1. The zero-order valence-electron chi connectivity index (χ0n) is 20.2. The first-order chi connectivity index (χ1) is 17.9. The van der Waals surface area contributed by atoms with Gasteiger partial charge < -0.3 is 29.0 Å². The molecule has 6 rings (SSSR count). The number of methoxy groups -OCH3 is 2. The van der Waals surface area contributed by atoms with Gasteiger partial charge in [0.15, 0.2) is 23.0 Å². The number of fused-ring (bicyclic) bond motifs is 2. The number of nitrogens with one attached hydrogen (secondary N) is 1. The molecule has 0 saturated heterocycles. The van der Waals surface area contributed by atoms with Crippen LogP contribution in [0.3, 0.4) is 0 Å². The highest BCUT2D eigenvalue weighted by molar-refractivity contribution is 5.86. The van der Waals surface area contributed by atoms with E-state index in [0.29, 0.717) is 40.7 Å². The Morgan fingerprint density at radius 1 is 0.919 bits per heavy atom. The Kier molecular flexibility index (Phi) is 5.58. The van der Waals surface area contributed by atoms with Crippen molar-refractivity contribution in [3.05, 3.63) is 77.4 Å². The van der Waals surface area contributed by atoms with Crippen molar-refractivity contribution in [2.45, 2.75) is 30.4 Å². The third-order valence-corrected chi connectivity index (χ3v) is 7.20. The van der Waals surface area contributed by atoms with E-state index in [2.05, 4.69) is 5.32 Å². The summed E-state index contributed by atoms with van der Waals surface area (Å²) < 4.78 is 57.4. The number of benzene rings is 3. The molecule has 1 amide bonds. The molecule has 2 aliphatic heterocycles. The van der Waals surface area contributed by atoms with Crippen molar-refractivity contribution in [2.24, 2.45) is 5.92 Å². The van der Waals surface area contributed by atoms with Gasteiger partial charge in [0.2, 0.25) is 12.7 Å². The molecule has 0 aromatic heterocycles. The molecule has 1 saturated carbocycles. The molecule has 0 bridgehead atoms. The Balaban J connectivity index is 1.24. The maximum atomic E-state index is 14.9. The Morgan fingerprint density at radius 2 is 1.68 bits per heavy atom. The van der Waals surface area contributed by atoms with Gasteiger partial charge in [-0.2, -0.15) is 0 Å². The topological polar surface area (TPSA) is 75.3 Å². The van der Waals surface area contributed by atoms with Crippen LogP contribution in [0.5, 0.6) is 28.7 Å². The van der Waals surface area contributed by atoms with Crippen molar-refractivity contribution in [1.29, 1.82) is 0 Å². The predicted octanol–water partition coefficient (Wildman–Crippen LogP) is 5.16. The summed E-state index contributed by atoms with van der Waals surface area (Å²) in [7, 11) is 3.11. The van der Waals surface area contributed by atoms with E-state index in [-0.39, 0.29) is 6.79 Å². The fourth-order valence-corrected chi connectivity index (χ4v) is 5.25. The first-order valence-corrected chi connectivity index (χ1v) is 12.0. The molecule has 1 fully saturated rings. The molecule has 3 aliphatic rings. The lowest BCUT2D eigenvalue weighted by molar-refractivity contribution is -0.125. The van der Waals surface area contributed by atoms with E-state index in [4.69, 9.17) is 23.7 Å². The van der Waals surface area contributed by atoms with Crippen molar-refractivity contribution < 1.29 is 37.3 Å². The first-order valence-electron chi connectivity index (χ1n) is 12.0. The molecule has 2 heterocycles. The Labute approximate surface area is 212 Å². The highest BCUT2D eigenvalue weighted by atomic mass is 19.3. The zero-order chi connectivity index (χ0) is 25.7. The maximum Gasteiger partial charge on any atom is 0.268 e. The van der Waals surface area contributed by atoms with Crippen molar-refractivity contribution in [2.75, 3.05) is 21.0 Å². The number of hydrogen-bond acceptors (Lipinski definition) is 6. The van der Waals surface area contributed by atoms with Crippen molar-refractivity contribution in [3.8, 4) is 28.7 Å². The van der Waals surface area contributed by atoms with E-state index in [9.17, 15) is 13.6 Å². The van der Waals surface area contributed by atoms with Crippen LogP contribution in [0.25, 0.3) is 0 Å². The third-order valence-electron chi connectivity index (χ3n) is 7.20. The highest BCUT2D eigenvalue weighted by Gasteiger charge is 2.72. The van der Waals surface area contributed by atoms with Gasteiger partial charge in [0.25, 0.3) is 5.92 Å². The van der Waals surface area contributed by atoms with E-state index >= 15 is 0 Å². The monoisotopic (exact) mass is 509 g/mol. The first kappa shape index (κ1) is 23.4. The van der Waals surface area contributed by atoms with E-state index in [0.717, 1.165) is 11.1 Å². The molecule has 1 aliphatic carbocycles. The standard InChI is InChI=1S/C28H25F2NO6/c1-33-20-9-7-15(11-23(20)34-2)22-13-18(17-5-3-4-6-19(17)37-22)31-27(32)26-25(28(26,29)30)16-8-10-21-24(12-16)36-14-35-21/h3-12,18,22,25-26H,13-14H2,1-2H3,(H,31,32).